The zero-order valence-corrected chi connectivity index (χ0v) is 24.2. The van der Waals surface area contributed by atoms with Gasteiger partial charge < -0.3 is 4.98 Å². The Kier molecular flexibility index (Phi) is 4.60. The molecule has 0 amide bonds. The van der Waals surface area contributed by atoms with Crippen LogP contribution < -0.4 is 0 Å². The molecule has 1 nitrogen and oxygen atoms in total. The highest BCUT2D eigenvalue weighted by molar-refractivity contribution is 7.36. The maximum Gasteiger partial charge on any atom is 0.0542 e. The predicted octanol–water partition coefficient (Wildman–Crippen LogP) is 11.8. The van der Waals surface area contributed by atoms with Crippen LogP contribution >= 0.6 is 22.7 Å². The number of fused-ring (bicyclic) bond motifs is 11. The summed E-state index contributed by atoms with van der Waals surface area (Å²) in [6, 6.07) is 45.2. The van der Waals surface area contributed by atoms with Crippen molar-refractivity contribution in [2.75, 3.05) is 0 Å². The van der Waals surface area contributed by atoms with Crippen LogP contribution in [-0.2, 0) is 6.42 Å². The van der Waals surface area contributed by atoms with Crippen LogP contribution in [-0.4, -0.2) is 4.98 Å². The van der Waals surface area contributed by atoms with E-state index in [4.69, 9.17) is 0 Å². The SMILES string of the molecule is c1ccc2c(c1)Cc1cc(-c3ccc4c(c3)sc3c5ccc(-c6ccc7c(c6)[nH]c6ccccc67)cc5sc43)ccc1-2. The maximum absolute atomic E-state index is 3.60. The molecule has 1 aliphatic carbocycles. The number of H-pyrrole nitrogens is 1. The Bertz CT molecular complexity index is 2560. The molecule has 0 saturated carbocycles. The largest absolute Gasteiger partial charge is 0.354 e. The molecule has 0 radical (unpaired) electrons. The third-order valence-corrected chi connectivity index (χ3v) is 11.6. The molecular formula is C39H23NS2. The van der Waals surface area contributed by atoms with Gasteiger partial charge in [-0.15, -0.1) is 22.7 Å². The molecule has 0 aliphatic heterocycles. The minimum atomic E-state index is 1.03. The van der Waals surface area contributed by atoms with Crippen molar-refractivity contribution in [3.05, 3.63) is 132 Å². The molecule has 0 atom stereocenters. The first-order valence-corrected chi connectivity index (χ1v) is 16.0. The second kappa shape index (κ2) is 8.42. The summed E-state index contributed by atoms with van der Waals surface area (Å²) in [6.07, 6.45) is 1.03. The topological polar surface area (TPSA) is 15.8 Å². The molecule has 6 aromatic carbocycles. The van der Waals surface area contributed by atoms with Crippen molar-refractivity contribution in [1.82, 2.24) is 4.98 Å². The normalized spacial score (nSPS) is 12.7. The van der Waals surface area contributed by atoms with Crippen molar-refractivity contribution >= 4 is 74.1 Å². The number of nitrogens with one attached hydrogen (secondary N) is 1. The van der Waals surface area contributed by atoms with Gasteiger partial charge in [0.1, 0.15) is 0 Å². The number of aromatic nitrogens is 1. The van der Waals surface area contributed by atoms with E-state index in [1.807, 2.05) is 22.7 Å². The monoisotopic (exact) mass is 569 g/mol. The van der Waals surface area contributed by atoms with Crippen molar-refractivity contribution in [1.29, 1.82) is 0 Å². The van der Waals surface area contributed by atoms with Gasteiger partial charge in [-0.1, -0.05) is 97.1 Å². The van der Waals surface area contributed by atoms with Crippen LogP contribution in [0.4, 0.5) is 0 Å². The molecule has 196 valence electrons. The Hall–Kier alpha value is -4.70. The fourth-order valence-corrected chi connectivity index (χ4v) is 9.71. The molecule has 1 aliphatic rings. The van der Waals surface area contributed by atoms with Crippen molar-refractivity contribution in [2.45, 2.75) is 6.42 Å². The summed E-state index contributed by atoms with van der Waals surface area (Å²) < 4.78 is 5.54. The molecule has 0 spiro atoms. The molecule has 0 fully saturated rings. The van der Waals surface area contributed by atoms with Crippen molar-refractivity contribution in [3.8, 4) is 33.4 Å². The average Bonchev–Trinajstić information content (AvgIpc) is 3.78. The Morgan fingerprint density at radius 1 is 0.429 bits per heavy atom. The molecule has 3 heterocycles. The summed E-state index contributed by atoms with van der Waals surface area (Å²) in [5.74, 6) is 0. The first-order valence-electron chi connectivity index (χ1n) is 14.4. The highest BCUT2D eigenvalue weighted by Gasteiger charge is 2.19. The fourth-order valence-electron chi connectivity index (χ4n) is 6.97. The van der Waals surface area contributed by atoms with E-state index in [-0.39, 0.29) is 0 Å². The van der Waals surface area contributed by atoms with Gasteiger partial charge in [-0.25, -0.2) is 0 Å². The Morgan fingerprint density at radius 3 is 1.79 bits per heavy atom. The molecule has 9 aromatic rings. The van der Waals surface area contributed by atoms with E-state index in [9.17, 15) is 0 Å². The van der Waals surface area contributed by atoms with Crippen LogP contribution in [0.3, 0.4) is 0 Å². The van der Waals surface area contributed by atoms with Gasteiger partial charge in [0, 0.05) is 42.0 Å². The van der Waals surface area contributed by atoms with Crippen molar-refractivity contribution < 1.29 is 0 Å². The van der Waals surface area contributed by atoms with Crippen LogP contribution in [0.5, 0.6) is 0 Å². The lowest BCUT2D eigenvalue weighted by molar-refractivity contribution is 1.26. The number of para-hydroxylation sites is 1. The molecule has 0 bridgehead atoms. The van der Waals surface area contributed by atoms with Gasteiger partial charge in [0.25, 0.3) is 0 Å². The lowest BCUT2D eigenvalue weighted by atomic mass is 9.99. The Balaban J connectivity index is 1.04. The number of rotatable bonds is 2. The lowest BCUT2D eigenvalue weighted by Gasteiger charge is -2.06. The fraction of sp³-hybridized carbons (Fsp3) is 0.0256. The highest BCUT2D eigenvalue weighted by atomic mass is 32.1. The van der Waals surface area contributed by atoms with Crippen LogP contribution in [0.15, 0.2) is 121 Å². The van der Waals surface area contributed by atoms with E-state index >= 15 is 0 Å². The summed E-state index contributed by atoms with van der Waals surface area (Å²) in [5.41, 5.74) is 13.2. The third-order valence-electron chi connectivity index (χ3n) is 9.05. The van der Waals surface area contributed by atoms with Gasteiger partial charge in [-0.3, -0.25) is 0 Å². The standard InChI is InChI=1S/C39H23NS2/c1-2-6-28-26(5-1)18-27-17-22(9-13-29(27)28)24-11-15-32-36(20-24)41-39-33-16-12-25(21-37(33)42-38(32)39)23-10-14-31-30-7-3-4-8-34(30)40-35(31)19-23/h1-17,19-21,40H,18H2. The van der Waals surface area contributed by atoms with E-state index in [2.05, 4.69) is 126 Å². The number of benzene rings is 6. The molecule has 0 saturated heterocycles. The summed E-state index contributed by atoms with van der Waals surface area (Å²) in [6.45, 7) is 0. The highest BCUT2D eigenvalue weighted by Crippen LogP contribution is 2.46. The lowest BCUT2D eigenvalue weighted by Crippen LogP contribution is -1.83. The number of aromatic amines is 1. The first-order chi connectivity index (χ1) is 20.8. The van der Waals surface area contributed by atoms with E-state index in [0.717, 1.165) is 6.42 Å². The molecule has 0 unspecified atom stereocenters. The van der Waals surface area contributed by atoms with Gasteiger partial charge in [0.05, 0.1) is 9.40 Å². The molecule has 42 heavy (non-hydrogen) atoms. The third kappa shape index (κ3) is 3.24. The van der Waals surface area contributed by atoms with E-state index in [1.54, 1.807) is 0 Å². The number of hydrogen-bond acceptors (Lipinski definition) is 2. The zero-order valence-electron chi connectivity index (χ0n) is 22.6. The van der Waals surface area contributed by atoms with Crippen LogP contribution in [0, 0.1) is 0 Å². The van der Waals surface area contributed by atoms with E-state index in [1.165, 1.54) is 95.9 Å². The molecule has 10 rings (SSSR count). The quantitative estimate of drug-likeness (QED) is 0.213. The zero-order chi connectivity index (χ0) is 27.4. The minimum Gasteiger partial charge on any atom is -0.354 e. The number of thiophene rings is 2. The minimum absolute atomic E-state index is 1.03. The molecule has 1 N–H and O–H groups in total. The first kappa shape index (κ1) is 22.9. The van der Waals surface area contributed by atoms with Crippen molar-refractivity contribution in [2.24, 2.45) is 0 Å². The summed E-state index contributed by atoms with van der Waals surface area (Å²) in [5, 5.41) is 5.30. The van der Waals surface area contributed by atoms with E-state index < -0.39 is 0 Å². The van der Waals surface area contributed by atoms with Gasteiger partial charge in [-0.2, -0.15) is 0 Å². The van der Waals surface area contributed by atoms with Gasteiger partial charge in [-0.05, 0) is 75.2 Å². The Morgan fingerprint density at radius 2 is 1.00 bits per heavy atom. The maximum atomic E-state index is 3.60. The van der Waals surface area contributed by atoms with Crippen molar-refractivity contribution in [3.63, 3.8) is 0 Å². The molecule has 3 heteroatoms. The second-order valence-electron chi connectivity index (χ2n) is 11.4. The second-order valence-corrected chi connectivity index (χ2v) is 13.5. The van der Waals surface area contributed by atoms with Crippen LogP contribution in [0.2, 0.25) is 0 Å². The van der Waals surface area contributed by atoms with E-state index in [0.29, 0.717) is 0 Å². The summed E-state index contributed by atoms with van der Waals surface area (Å²) in [7, 11) is 0. The van der Waals surface area contributed by atoms with Gasteiger partial charge in [0.2, 0.25) is 0 Å². The van der Waals surface area contributed by atoms with Crippen LogP contribution in [0.25, 0.3) is 84.8 Å². The number of hydrogen-bond donors (Lipinski definition) is 1. The summed E-state index contributed by atoms with van der Waals surface area (Å²) in [4.78, 5) is 3.60. The average molecular weight is 570 g/mol. The Labute approximate surface area is 250 Å². The smallest absolute Gasteiger partial charge is 0.0542 e. The predicted molar refractivity (Wildman–Crippen MR) is 183 cm³/mol. The van der Waals surface area contributed by atoms with Crippen LogP contribution in [0.1, 0.15) is 11.1 Å². The molecule has 3 aromatic heterocycles. The van der Waals surface area contributed by atoms with Gasteiger partial charge >= 0.3 is 0 Å². The van der Waals surface area contributed by atoms with Gasteiger partial charge in [0.15, 0.2) is 0 Å². The molecular weight excluding hydrogens is 547 g/mol. The summed E-state index contributed by atoms with van der Waals surface area (Å²) >= 11 is 3.86.